The average Bonchev–Trinajstić information content (AvgIpc) is 2.52. The summed E-state index contributed by atoms with van der Waals surface area (Å²) in [6.45, 7) is 2.70. The molecule has 1 aliphatic carbocycles. The third-order valence-electron chi connectivity index (χ3n) is 3.80. The molecule has 88 valence electrons. The minimum absolute atomic E-state index is 0.147. The molecular weight excluding hydrogens is 186 g/mol. The number of nitrogens with two attached hydrogens (primary N) is 1. The number of carbonyl (C=O) groups excluding carboxylic acids is 1. The van der Waals surface area contributed by atoms with E-state index in [2.05, 4.69) is 6.92 Å². The molecule has 2 nitrogen and oxygen atoms in total. The van der Waals surface area contributed by atoms with Crippen LogP contribution in [0.25, 0.3) is 0 Å². The van der Waals surface area contributed by atoms with E-state index in [1.807, 2.05) is 0 Å². The molecule has 0 radical (unpaired) electrons. The van der Waals surface area contributed by atoms with Crippen LogP contribution in [0.5, 0.6) is 0 Å². The Hall–Kier alpha value is -0.370. The summed E-state index contributed by atoms with van der Waals surface area (Å²) in [6, 6.07) is 0. The van der Waals surface area contributed by atoms with Crippen LogP contribution in [0, 0.1) is 5.41 Å². The van der Waals surface area contributed by atoms with Crippen molar-refractivity contribution in [2.45, 2.75) is 64.7 Å². The standard InChI is InChI=1S/C13H25NO/c1-2-3-8-12(15)13(11-14)9-6-4-5-7-10-13/h2-11,14H2,1H3. The summed E-state index contributed by atoms with van der Waals surface area (Å²) in [6.07, 6.45) is 9.88. The van der Waals surface area contributed by atoms with Crippen LogP contribution in [-0.4, -0.2) is 12.3 Å². The van der Waals surface area contributed by atoms with Crippen molar-refractivity contribution >= 4 is 5.78 Å². The van der Waals surface area contributed by atoms with E-state index in [0.717, 1.165) is 32.1 Å². The fourth-order valence-electron chi connectivity index (χ4n) is 2.60. The van der Waals surface area contributed by atoms with Crippen LogP contribution in [0.4, 0.5) is 0 Å². The van der Waals surface area contributed by atoms with E-state index in [0.29, 0.717) is 12.3 Å². The Bertz CT molecular complexity index is 193. The molecule has 1 aliphatic rings. The lowest BCUT2D eigenvalue weighted by molar-refractivity contribution is -0.129. The minimum Gasteiger partial charge on any atom is -0.329 e. The molecule has 2 heteroatoms. The van der Waals surface area contributed by atoms with Gasteiger partial charge in [-0.1, -0.05) is 39.0 Å². The maximum Gasteiger partial charge on any atom is 0.140 e. The van der Waals surface area contributed by atoms with Crippen LogP contribution < -0.4 is 5.73 Å². The predicted octanol–water partition coefficient (Wildman–Crippen LogP) is 3.05. The molecule has 0 unspecified atom stereocenters. The van der Waals surface area contributed by atoms with Crippen molar-refractivity contribution in [3.8, 4) is 0 Å². The molecule has 0 amide bonds. The highest BCUT2D eigenvalue weighted by atomic mass is 16.1. The molecule has 0 aliphatic heterocycles. The summed E-state index contributed by atoms with van der Waals surface area (Å²) in [5, 5.41) is 0. The van der Waals surface area contributed by atoms with Crippen LogP contribution >= 0.6 is 0 Å². The van der Waals surface area contributed by atoms with Gasteiger partial charge in [-0.2, -0.15) is 0 Å². The SMILES string of the molecule is CCCCC(=O)C1(CN)CCCCCC1. The minimum atomic E-state index is -0.147. The van der Waals surface area contributed by atoms with Crippen molar-refractivity contribution < 1.29 is 4.79 Å². The predicted molar refractivity (Wildman–Crippen MR) is 63.7 cm³/mol. The molecule has 1 rings (SSSR count). The summed E-state index contributed by atoms with van der Waals surface area (Å²) in [5.41, 5.74) is 5.71. The fraction of sp³-hybridized carbons (Fsp3) is 0.923. The zero-order valence-electron chi connectivity index (χ0n) is 10.1. The van der Waals surface area contributed by atoms with Gasteiger partial charge in [0.2, 0.25) is 0 Å². The van der Waals surface area contributed by atoms with Gasteiger partial charge in [-0.3, -0.25) is 4.79 Å². The summed E-state index contributed by atoms with van der Waals surface area (Å²) < 4.78 is 0. The Balaban J connectivity index is 2.59. The zero-order chi connectivity index (χ0) is 11.1. The smallest absolute Gasteiger partial charge is 0.140 e. The van der Waals surface area contributed by atoms with Gasteiger partial charge in [0.05, 0.1) is 0 Å². The third-order valence-corrected chi connectivity index (χ3v) is 3.80. The summed E-state index contributed by atoms with van der Waals surface area (Å²) in [4.78, 5) is 12.2. The molecule has 15 heavy (non-hydrogen) atoms. The van der Waals surface area contributed by atoms with Gasteiger partial charge in [0.25, 0.3) is 0 Å². The average molecular weight is 211 g/mol. The molecule has 0 saturated heterocycles. The first-order chi connectivity index (χ1) is 7.25. The third kappa shape index (κ3) is 3.30. The fourth-order valence-corrected chi connectivity index (χ4v) is 2.60. The lowest BCUT2D eigenvalue weighted by atomic mass is 9.75. The zero-order valence-corrected chi connectivity index (χ0v) is 10.1. The second-order valence-corrected chi connectivity index (χ2v) is 4.93. The molecule has 0 aromatic heterocycles. The van der Waals surface area contributed by atoms with Gasteiger partial charge in [-0.15, -0.1) is 0 Å². The number of ketones is 1. The quantitative estimate of drug-likeness (QED) is 0.710. The Kier molecular flexibility index (Phi) is 5.30. The first-order valence-corrected chi connectivity index (χ1v) is 6.48. The van der Waals surface area contributed by atoms with Crippen molar-refractivity contribution in [2.24, 2.45) is 11.1 Å². The van der Waals surface area contributed by atoms with E-state index in [-0.39, 0.29) is 5.41 Å². The number of Topliss-reactive ketones (excluding diaryl/α,β-unsaturated/α-hetero) is 1. The van der Waals surface area contributed by atoms with Gasteiger partial charge in [0.1, 0.15) is 5.78 Å². The summed E-state index contributed by atoms with van der Waals surface area (Å²) in [5.74, 6) is 0.439. The lowest BCUT2D eigenvalue weighted by Crippen LogP contribution is -2.38. The van der Waals surface area contributed by atoms with Gasteiger partial charge >= 0.3 is 0 Å². The Morgan fingerprint density at radius 1 is 1.20 bits per heavy atom. The maximum atomic E-state index is 12.2. The molecule has 1 fully saturated rings. The number of carbonyl (C=O) groups is 1. The largest absolute Gasteiger partial charge is 0.329 e. The second kappa shape index (κ2) is 6.26. The van der Waals surface area contributed by atoms with Gasteiger partial charge < -0.3 is 5.73 Å². The van der Waals surface area contributed by atoms with E-state index < -0.39 is 0 Å². The Morgan fingerprint density at radius 3 is 2.27 bits per heavy atom. The topological polar surface area (TPSA) is 43.1 Å². The van der Waals surface area contributed by atoms with E-state index in [4.69, 9.17) is 5.73 Å². The van der Waals surface area contributed by atoms with Crippen LogP contribution in [0.3, 0.4) is 0 Å². The summed E-state index contributed by atoms with van der Waals surface area (Å²) in [7, 11) is 0. The molecule has 0 aromatic carbocycles. The normalized spacial score (nSPS) is 20.9. The number of unbranched alkanes of at least 4 members (excludes halogenated alkanes) is 1. The van der Waals surface area contributed by atoms with E-state index in [9.17, 15) is 4.79 Å². The van der Waals surface area contributed by atoms with Gasteiger partial charge in [0, 0.05) is 18.4 Å². The molecule has 0 spiro atoms. The molecular formula is C13H25NO. The van der Waals surface area contributed by atoms with Crippen molar-refractivity contribution in [3.05, 3.63) is 0 Å². The van der Waals surface area contributed by atoms with Crippen molar-refractivity contribution in [3.63, 3.8) is 0 Å². The molecule has 0 heterocycles. The van der Waals surface area contributed by atoms with E-state index in [1.165, 1.54) is 25.7 Å². The van der Waals surface area contributed by atoms with Crippen LogP contribution in [0.15, 0.2) is 0 Å². The van der Waals surface area contributed by atoms with Gasteiger partial charge in [-0.25, -0.2) is 0 Å². The van der Waals surface area contributed by atoms with E-state index in [1.54, 1.807) is 0 Å². The molecule has 0 aromatic rings. The molecule has 1 saturated carbocycles. The first-order valence-electron chi connectivity index (χ1n) is 6.48. The van der Waals surface area contributed by atoms with Crippen molar-refractivity contribution in [2.75, 3.05) is 6.54 Å². The van der Waals surface area contributed by atoms with Crippen LogP contribution in [-0.2, 0) is 4.79 Å². The second-order valence-electron chi connectivity index (χ2n) is 4.93. The maximum absolute atomic E-state index is 12.2. The van der Waals surface area contributed by atoms with Gasteiger partial charge in [0.15, 0.2) is 0 Å². The highest BCUT2D eigenvalue weighted by molar-refractivity contribution is 5.85. The van der Waals surface area contributed by atoms with Crippen LogP contribution in [0.1, 0.15) is 64.7 Å². The highest BCUT2D eigenvalue weighted by Crippen LogP contribution is 2.36. The highest BCUT2D eigenvalue weighted by Gasteiger charge is 2.35. The molecule has 0 atom stereocenters. The summed E-state index contributed by atoms with van der Waals surface area (Å²) >= 11 is 0. The van der Waals surface area contributed by atoms with E-state index >= 15 is 0 Å². The molecule has 0 bridgehead atoms. The van der Waals surface area contributed by atoms with Crippen molar-refractivity contribution in [1.29, 1.82) is 0 Å². The number of hydrogen-bond acceptors (Lipinski definition) is 2. The van der Waals surface area contributed by atoms with Gasteiger partial charge in [-0.05, 0) is 19.3 Å². The Labute approximate surface area is 93.6 Å². The number of rotatable bonds is 5. The van der Waals surface area contributed by atoms with Crippen LogP contribution in [0.2, 0.25) is 0 Å². The first kappa shape index (κ1) is 12.7. The lowest BCUT2D eigenvalue weighted by Gasteiger charge is -2.29. The number of hydrogen-bond donors (Lipinski definition) is 1. The van der Waals surface area contributed by atoms with Crippen molar-refractivity contribution in [1.82, 2.24) is 0 Å². The molecule has 2 N–H and O–H groups in total. The Morgan fingerprint density at radius 2 is 1.80 bits per heavy atom. The monoisotopic (exact) mass is 211 g/mol.